The Hall–Kier alpha value is -2.44. The number of nitrogens with zero attached hydrogens (tertiary/aromatic N) is 1. The van der Waals surface area contributed by atoms with E-state index in [9.17, 15) is 9.59 Å². The number of benzene rings is 1. The third-order valence-electron chi connectivity index (χ3n) is 3.99. The molecule has 2 aliphatic heterocycles. The van der Waals surface area contributed by atoms with E-state index in [-0.39, 0.29) is 18.0 Å². The lowest BCUT2D eigenvalue weighted by Crippen LogP contribution is -2.40. The van der Waals surface area contributed by atoms with Gasteiger partial charge in [-0.1, -0.05) is 6.07 Å². The highest BCUT2D eigenvalue weighted by atomic mass is 16.6. The summed E-state index contributed by atoms with van der Waals surface area (Å²) in [5.41, 5.74) is -0.0771. The Balaban J connectivity index is 1.61. The summed E-state index contributed by atoms with van der Waals surface area (Å²) >= 11 is 0. The van der Waals surface area contributed by atoms with Gasteiger partial charge in [0.05, 0.1) is 5.56 Å². The number of carbonyl (C=O) groups excluding carboxylic acids is 2. The molecule has 0 bridgehead atoms. The van der Waals surface area contributed by atoms with Gasteiger partial charge >= 0.3 is 6.09 Å². The van der Waals surface area contributed by atoms with Crippen molar-refractivity contribution in [2.75, 3.05) is 26.3 Å². The number of carbonyl (C=O) groups is 2. The first-order chi connectivity index (χ1) is 11.8. The molecule has 0 spiro atoms. The van der Waals surface area contributed by atoms with Gasteiger partial charge in [-0.05, 0) is 39.3 Å². The Morgan fingerprint density at radius 1 is 1.24 bits per heavy atom. The fraction of sp³-hybridized carbons (Fsp3) is 0.556. The van der Waals surface area contributed by atoms with Crippen LogP contribution in [0.2, 0.25) is 0 Å². The summed E-state index contributed by atoms with van der Waals surface area (Å²) in [7, 11) is 0. The van der Waals surface area contributed by atoms with E-state index in [0.29, 0.717) is 49.8 Å². The van der Waals surface area contributed by atoms with Gasteiger partial charge in [-0.3, -0.25) is 4.79 Å². The lowest BCUT2D eigenvalue weighted by atomic mass is 10.1. The normalized spacial score (nSPS) is 19.5. The molecule has 1 N–H and O–H groups in total. The predicted octanol–water partition coefficient (Wildman–Crippen LogP) is 2.20. The van der Waals surface area contributed by atoms with Crippen LogP contribution in [0.15, 0.2) is 18.2 Å². The third kappa shape index (κ3) is 4.15. The Morgan fingerprint density at radius 3 is 2.76 bits per heavy atom. The van der Waals surface area contributed by atoms with Crippen LogP contribution in [0.5, 0.6) is 11.5 Å². The third-order valence-corrected chi connectivity index (χ3v) is 3.99. The lowest BCUT2D eigenvalue weighted by Gasteiger charge is -2.24. The Bertz CT molecular complexity index is 668. The molecule has 1 atom stereocenters. The van der Waals surface area contributed by atoms with Crippen molar-refractivity contribution in [3.8, 4) is 11.5 Å². The molecule has 7 heteroatoms. The van der Waals surface area contributed by atoms with Gasteiger partial charge in [0.15, 0.2) is 11.5 Å². The van der Waals surface area contributed by atoms with E-state index in [1.165, 1.54) is 0 Å². The molecule has 2 heterocycles. The first-order valence-electron chi connectivity index (χ1n) is 8.51. The van der Waals surface area contributed by atoms with Crippen molar-refractivity contribution in [3.63, 3.8) is 0 Å². The summed E-state index contributed by atoms with van der Waals surface area (Å²) in [6.45, 7) is 7.40. The number of nitrogens with one attached hydrogen (secondary N) is 1. The zero-order valence-corrected chi connectivity index (χ0v) is 14.8. The van der Waals surface area contributed by atoms with Crippen LogP contribution in [0, 0.1) is 0 Å². The van der Waals surface area contributed by atoms with Crippen LogP contribution in [0.1, 0.15) is 37.6 Å². The number of fused-ring (bicyclic) bond motifs is 1. The van der Waals surface area contributed by atoms with Gasteiger partial charge in [-0.2, -0.15) is 0 Å². The van der Waals surface area contributed by atoms with E-state index in [0.717, 1.165) is 0 Å². The molecule has 7 nitrogen and oxygen atoms in total. The second-order valence-corrected chi connectivity index (χ2v) is 7.22. The van der Waals surface area contributed by atoms with E-state index in [4.69, 9.17) is 14.2 Å². The highest BCUT2D eigenvalue weighted by molar-refractivity contribution is 5.98. The number of hydrogen-bond acceptors (Lipinski definition) is 5. The van der Waals surface area contributed by atoms with Crippen LogP contribution in [0.4, 0.5) is 4.79 Å². The van der Waals surface area contributed by atoms with Crippen LogP contribution in [0.3, 0.4) is 0 Å². The predicted molar refractivity (Wildman–Crippen MR) is 91.1 cm³/mol. The van der Waals surface area contributed by atoms with Gasteiger partial charge in [0.2, 0.25) is 0 Å². The average molecular weight is 348 g/mol. The molecule has 0 aliphatic carbocycles. The molecule has 1 aromatic carbocycles. The van der Waals surface area contributed by atoms with Gasteiger partial charge in [-0.15, -0.1) is 0 Å². The van der Waals surface area contributed by atoms with Gasteiger partial charge < -0.3 is 24.4 Å². The van der Waals surface area contributed by atoms with E-state index < -0.39 is 5.60 Å². The number of amides is 2. The molecular weight excluding hydrogens is 324 g/mol. The summed E-state index contributed by atoms with van der Waals surface area (Å²) in [5, 5.41) is 2.97. The molecule has 0 radical (unpaired) electrons. The van der Waals surface area contributed by atoms with Crippen LogP contribution >= 0.6 is 0 Å². The smallest absolute Gasteiger partial charge is 0.410 e. The Labute approximate surface area is 147 Å². The fourth-order valence-corrected chi connectivity index (χ4v) is 2.89. The molecule has 0 aromatic heterocycles. The van der Waals surface area contributed by atoms with Crippen molar-refractivity contribution < 1.29 is 23.8 Å². The highest BCUT2D eigenvalue weighted by Crippen LogP contribution is 2.33. The minimum Gasteiger partial charge on any atom is -0.486 e. The summed E-state index contributed by atoms with van der Waals surface area (Å²) in [4.78, 5) is 26.3. The topological polar surface area (TPSA) is 77.1 Å². The number of ether oxygens (including phenoxy) is 3. The molecule has 2 amide bonds. The largest absolute Gasteiger partial charge is 0.486 e. The number of likely N-dealkylation sites (tertiary alicyclic amines) is 1. The molecule has 1 saturated heterocycles. The minimum absolute atomic E-state index is 0.111. The van der Waals surface area contributed by atoms with E-state index in [1.807, 2.05) is 20.8 Å². The zero-order valence-electron chi connectivity index (χ0n) is 14.8. The molecule has 25 heavy (non-hydrogen) atoms. The molecule has 1 aromatic rings. The molecule has 0 saturated carbocycles. The number of para-hydroxylation sites is 1. The van der Waals surface area contributed by atoms with E-state index in [1.54, 1.807) is 23.1 Å². The standard InChI is InChI=1S/C18H24N2O5/c1-18(2,3)25-17(22)20-8-7-12(11-20)19-16(21)13-5-4-6-14-15(13)24-10-9-23-14/h4-6,12H,7-11H2,1-3H3,(H,19,21)/t12-/m0/s1. The molecular formula is C18H24N2O5. The van der Waals surface area contributed by atoms with Crippen molar-refractivity contribution in [3.05, 3.63) is 23.8 Å². The quantitative estimate of drug-likeness (QED) is 0.887. The molecule has 2 aliphatic rings. The van der Waals surface area contributed by atoms with Gasteiger partial charge in [0.25, 0.3) is 5.91 Å². The summed E-state index contributed by atoms with van der Waals surface area (Å²) in [6.07, 6.45) is 0.343. The first-order valence-corrected chi connectivity index (χ1v) is 8.51. The molecule has 1 fully saturated rings. The Morgan fingerprint density at radius 2 is 2.00 bits per heavy atom. The van der Waals surface area contributed by atoms with Crippen molar-refractivity contribution in [2.45, 2.75) is 38.8 Å². The first kappa shape index (κ1) is 17.4. The van der Waals surface area contributed by atoms with Crippen molar-refractivity contribution >= 4 is 12.0 Å². The maximum Gasteiger partial charge on any atom is 0.410 e. The van der Waals surface area contributed by atoms with Crippen LogP contribution < -0.4 is 14.8 Å². The zero-order chi connectivity index (χ0) is 18.0. The second kappa shape index (κ2) is 6.82. The number of rotatable bonds is 2. The lowest BCUT2D eigenvalue weighted by molar-refractivity contribution is 0.0290. The van der Waals surface area contributed by atoms with Gasteiger partial charge in [0.1, 0.15) is 18.8 Å². The summed E-state index contributed by atoms with van der Waals surface area (Å²) in [5.74, 6) is 0.840. The highest BCUT2D eigenvalue weighted by Gasteiger charge is 2.31. The maximum atomic E-state index is 12.6. The summed E-state index contributed by atoms with van der Waals surface area (Å²) in [6, 6.07) is 5.15. The molecule has 3 rings (SSSR count). The van der Waals surface area contributed by atoms with Crippen LogP contribution in [-0.2, 0) is 4.74 Å². The molecule has 136 valence electrons. The van der Waals surface area contributed by atoms with Crippen LogP contribution in [0.25, 0.3) is 0 Å². The van der Waals surface area contributed by atoms with E-state index in [2.05, 4.69) is 5.32 Å². The van der Waals surface area contributed by atoms with Crippen LogP contribution in [-0.4, -0.2) is 54.8 Å². The van der Waals surface area contributed by atoms with Crippen molar-refractivity contribution in [2.24, 2.45) is 0 Å². The van der Waals surface area contributed by atoms with Gasteiger partial charge in [0, 0.05) is 19.1 Å². The van der Waals surface area contributed by atoms with Gasteiger partial charge in [-0.25, -0.2) is 4.79 Å². The summed E-state index contributed by atoms with van der Waals surface area (Å²) < 4.78 is 16.5. The van der Waals surface area contributed by atoms with Crippen molar-refractivity contribution in [1.82, 2.24) is 10.2 Å². The fourth-order valence-electron chi connectivity index (χ4n) is 2.89. The monoisotopic (exact) mass is 348 g/mol. The maximum absolute atomic E-state index is 12.6. The molecule has 0 unspecified atom stereocenters. The number of hydrogen-bond donors (Lipinski definition) is 1. The second-order valence-electron chi connectivity index (χ2n) is 7.22. The Kier molecular flexibility index (Phi) is 4.74. The van der Waals surface area contributed by atoms with Crippen molar-refractivity contribution in [1.29, 1.82) is 0 Å². The SMILES string of the molecule is CC(C)(C)OC(=O)N1CC[C@H](NC(=O)c2cccc3c2OCCO3)C1. The van der Waals surface area contributed by atoms with E-state index >= 15 is 0 Å². The minimum atomic E-state index is -0.529. The average Bonchev–Trinajstić information content (AvgIpc) is 3.01.